The Morgan fingerprint density at radius 1 is 1.33 bits per heavy atom. The molecule has 6 heteroatoms. The summed E-state index contributed by atoms with van der Waals surface area (Å²) in [6, 6.07) is 0.0771. The first-order valence-corrected chi connectivity index (χ1v) is 5.06. The Bertz CT molecular complexity index is 198. The minimum absolute atomic E-state index is 0.0591. The van der Waals surface area contributed by atoms with Crippen LogP contribution in [-0.4, -0.2) is 66.5 Å². The van der Waals surface area contributed by atoms with Gasteiger partial charge in [-0.25, -0.2) is 0 Å². The third-order valence-electron chi connectivity index (χ3n) is 2.64. The van der Waals surface area contributed by atoms with Crippen molar-refractivity contribution in [2.24, 2.45) is 0 Å². The van der Waals surface area contributed by atoms with Crippen LogP contribution >= 0.6 is 0 Å². The number of hydrogen-bond acceptors (Lipinski definition) is 3. The molecule has 0 radical (unpaired) electrons. The summed E-state index contributed by atoms with van der Waals surface area (Å²) in [6.45, 7) is 3.09. The predicted molar refractivity (Wildman–Crippen MR) is 50.6 cm³/mol. The Morgan fingerprint density at radius 2 is 2.00 bits per heavy atom. The van der Waals surface area contributed by atoms with Gasteiger partial charge in [-0.15, -0.1) is 0 Å². The lowest BCUT2D eigenvalue weighted by molar-refractivity contribution is -0.151. The zero-order valence-electron chi connectivity index (χ0n) is 8.80. The molecular formula is C9H17F3N2O. The Labute approximate surface area is 87.5 Å². The van der Waals surface area contributed by atoms with E-state index in [0.29, 0.717) is 26.2 Å². The SMILES string of the molecule is C[C@H]1CN(CC(F)(F)F)CCN1CCO. The maximum atomic E-state index is 12.1. The Hall–Kier alpha value is -0.330. The number of nitrogens with zero attached hydrogens (tertiary/aromatic N) is 2. The van der Waals surface area contributed by atoms with Gasteiger partial charge in [0.2, 0.25) is 0 Å². The van der Waals surface area contributed by atoms with Gasteiger partial charge < -0.3 is 5.11 Å². The molecule has 1 aliphatic heterocycles. The second-order valence-electron chi connectivity index (χ2n) is 3.96. The summed E-state index contributed by atoms with van der Waals surface area (Å²) in [5, 5.41) is 8.75. The van der Waals surface area contributed by atoms with Crippen molar-refractivity contribution >= 4 is 0 Å². The number of aliphatic hydroxyl groups is 1. The fourth-order valence-corrected chi connectivity index (χ4v) is 1.93. The molecule has 0 bridgehead atoms. The lowest BCUT2D eigenvalue weighted by Crippen LogP contribution is -2.54. The molecule has 0 aromatic rings. The average Bonchev–Trinajstić information content (AvgIpc) is 2.07. The van der Waals surface area contributed by atoms with Crippen LogP contribution in [0.2, 0.25) is 0 Å². The van der Waals surface area contributed by atoms with Crippen LogP contribution < -0.4 is 0 Å². The highest BCUT2D eigenvalue weighted by atomic mass is 19.4. The summed E-state index contributed by atoms with van der Waals surface area (Å²) in [4.78, 5) is 3.42. The monoisotopic (exact) mass is 226 g/mol. The summed E-state index contributed by atoms with van der Waals surface area (Å²) in [6.07, 6.45) is -4.11. The van der Waals surface area contributed by atoms with Crippen LogP contribution in [0.15, 0.2) is 0 Å². The first-order valence-electron chi connectivity index (χ1n) is 5.06. The third kappa shape index (κ3) is 4.36. The highest BCUT2D eigenvalue weighted by Gasteiger charge is 2.33. The van der Waals surface area contributed by atoms with Gasteiger partial charge in [0.25, 0.3) is 0 Å². The molecule has 0 aliphatic carbocycles. The molecule has 1 atom stereocenters. The largest absolute Gasteiger partial charge is 0.401 e. The van der Waals surface area contributed by atoms with Gasteiger partial charge in [-0.05, 0) is 6.92 Å². The van der Waals surface area contributed by atoms with Crippen LogP contribution in [0.4, 0.5) is 13.2 Å². The molecule has 1 aliphatic rings. The molecule has 15 heavy (non-hydrogen) atoms. The number of piperazine rings is 1. The molecule has 0 saturated carbocycles. The van der Waals surface area contributed by atoms with Crippen molar-refractivity contribution in [2.45, 2.75) is 19.1 Å². The summed E-state index contributed by atoms with van der Waals surface area (Å²) in [5.41, 5.74) is 0. The summed E-state index contributed by atoms with van der Waals surface area (Å²) in [5.74, 6) is 0. The van der Waals surface area contributed by atoms with Crippen LogP contribution in [0.3, 0.4) is 0 Å². The number of rotatable bonds is 3. The second-order valence-corrected chi connectivity index (χ2v) is 3.96. The Morgan fingerprint density at radius 3 is 2.47 bits per heavy atom. The molecule has 0 spiro atoms. The van der Waals surface area contributed by atoms with Crippen molar-refractivity contribution in [1.29, 1.82) is 0 Å². The van der Waals surface area contributed by atoms with Crippen LogP contribution in [0.1, 0.15) is 6.92 Å². The van der Waals surface area contributed by atoms with Gasteiger partial charge in [0.05, 0.1) is 13.2 Å². The molecular weight excluding hydrogens is 209 g/mol. The van der Waals surface area contributed by atoms with E-state index in [1.807, 2.05) is 11.8 Å². The molecule has 0 aromatic carbocycles. The first kappa shape index (κ1) is 12.7. The van der Waals surface area contributed by atoms with Crippen LogP contribution in [-0.2, 0) is 0 Å². The van der Waals surface area contributed by atoms with Crippen molar-refractivity contribution in [2.75, 3.05) is 39.3 Å². The molecule has 1 heterocycles. The summed E-state index contributed by atoms with van der Waals surface area (Å²) in [7, 11) is 0. The van der Waals surface area contributed by atoms with Crippen LogP contribution in [0.25, 0.3) is 0 Å². The maximum Gasteiger partial charge on any atom is 0.401 e. The Balaban J connectivity index is 2.37. The van der Waals surface area contributed by atoms with Gasteiger partial charge in [-0.3, -0.25) is 9.80 Å². The molecule has 0 amide bonds. The number of hydrogen-bond donors (Lipinski definition) is 1. The topological polar surface area (TPSA) is 26.7 Å². The van der Waals surface area contributed by atoms with E-state index in [9.17, 15) is 13.2 Å². The van der Waals surface area contributed by atoms with Crippen molar-refractivity contribution in [3.63, 3.8) is 0 Å². The molecule has 90 valence electrons. The highest BCUT2D eigenvalue weighted by molar-refractivity contribution is 4.79. The second kappa shape index (κ2) is 5.14. The zero-order valence-corrected chi connectivity index (χ0v) is 8.80. The van der Waals surface area contributed by atoms with Gasteiger partial charge in [0.15, 0.2) is 0 Å². The van der Waals surface area contributed by atoms with E-state index in [0.717, 1.165) is 0 Å². The molecule has 0 aromatic heterocycles. The van der Waals surface area contributed by atoms with E-state index >= 15 is 0 Å². The normalized spacial score (nSPS) is 25.8. The molecule has 3 nitrogen and oxygen atoms in total. The molecule has 1 rings (SSSR count). The van der Waals surface area contributed by atoms with E-state index in [4.69, 9.17) is 5.11 Å². The van der Waals surface area contributed by atoms with E-state index < -0.39 is 12.7 Å². The van der Waals surface area contributed by atoms with Crippen molar-refractivity contribution in [3.05, 3.63) is 0 Å². The standard InChI is InChI=1S/C9H17F3N2O/c1-8-6-13(7-9(10,11)12)2-3-14(8)4-5-15/h8,15H,2-7H2,1H3/t8-/m0/s1. The van der Waals surface area contributed by atoms with Crippen LogP contribution in [0.5, 0.6) is 0 Å². The van der Waals surface area contributed by atoms with E-state index in [2.05, 4.69) is 0 Å². The summed E-state index contributed by atoms with van der Waals surface area (Å²) < 4.78 is 36.4. The fourth-order valence-electron chi connectivity index (χ4n) is 1.93. The number of halogens is 3. The minimum Gasteiger partial charge on any atom is -0.395 e. The maximum absolute atomic E-state index is 12.1. The molecule has 1 saturated heterocycles. The fraction of sp³-hybridized carbons (Fsp3) is 1.00. The van der Waals surface area contributed by atoms with Crippen LogP contribution in [0, 0.1) is 0 Å². The predicted octanol–water partition coefficient (Wildman–Crippen LogP) is 0.547. The van der Waals surface area contributed by atoms with Gasteiger partial charge in [-0.2, -0.15) is 13.2 Å². The van der Waals surface area contributed by atoms with Crippen molar-refractivity contribution in [3.8, 4) is 0 Å². The number of β-amino-alcohol motifs (C(OH)–C–C–N with tert-alkyl or cyclic N) is 1. The lowest BCUT2D eigenvalue weighted by atomic mass is 10.2. The van der Waals surface area contributed by atoms with E-state index in [-0.39, 0.29) is 12.6 Å². The zero-order chi connectivity index (χ0) is 11.5. The van der Waals surface area contributed by atoms with E-state index in [1.54, 1.807) is 0 Å². The number of aliphatic hydroxyl groups excluding tert-OH is 1. The molecule has 1 N–H and O–H groups in total. The van der Waals surface area contributed by atoms with Gasteiger partial charge in [0, 0.05) is 32.2 Å². The lowest BCUT2D eigenvalue weighted by Gasteiger charge is -2.39. The summed E-state index contributed by atoms with van der Waals surface area (Å²) >= 11 is 0. The smallest absolute Gasteiger partial charge is 0.395 e. The van der Waals surface area contributed by atoms with Crippen molar-refractivity contribution < 1.29 is 18.3 Å². The molecule has 1 fully saturated rings. The Kier molecular flexibility index (Phi) is 4.36. The first-order chi connectivity index (χ1) is 6.92. The average molecular weight is 226 g/mol. The highest BCUT2D eigenvalue weighted by Crippen LogP contribution is 2.18. The number of alkyl halides is 3. The third-order valence-corrected chi connectivity index (χ3v) is 2.64. The van der Waals surface area contributed by atoms with Gasteiger partial charge >= 0.3 is 6.18 Å². The quantitative estimate of drug-likeness (QED) is 0.761. The minimum atomic E-state index is -4.11. The van der Waals surface area contributed by atoms with E-state index in [1.165, 1.54) is 4.90 Å². The molecule has 0 unspecified atom stereocenters. The van der Waals surface area contributed by atoms with Gasteiger partial charge in [-0.1, -0.05) is 0 Å². The van der Waals surface area contributed by atoms with Gasteiger partial charge in [0.1, 0.15) is 0 Å². The van der Waals surface area contributed by atoms with Crippen molar-refractivity contribution in [1.82, 2.24) is 9.80 Å².